The van der Waals surface area contributed by atoms with Gasteiger partial charge in [0, 0.05) is 49.1 Å². The Bertz CT molecular complexity index is 492. The lowest BCUT2D eigenvalue weighted by Gasteiger charge is -2.19. The smallest absolute Gasteiger partial charge is 0.133 e. The fourth-order valence-corrected chi connectivity index (χ4v) is 4.26. The van der Waals surface area contributed by atoms with Crippen molar-refractivity contribution in [2.24, 2.45) is 4.58 Å². The van der Waals surface area contributed by atoms with Crippen LogP contribution in [0.15, 0.2) is 16.7 Å². The lowest BCUT2D eigenvalue weighted by atomic mass is 9.91. The Morgan fingerprint density at radius 1 is 1.44 bits per heavy atom. The van der Waals surface area contributed by atoms with Crippen LogP contribution in [-0.4, -0.2) is 4.86 Å². The van der Waals surface area contributed by atoms with Crippen LogP contribution in [0, 0.1) is 10.7 Å². The molecule has 0 aromatic heterocycles. The Kier molecular flexibility index (Phi) is 3.97. The third kappa shape index (κ3) is 2.31. The van der Waals surface area contributed by atoms with E-state index in [0.29, 0.717) is 10.6 Å². The molecule has 16 heavy (non-hydrogen) atoms. The molecule has 6 heteroatoms. The van der Waals surface area contributed by atoms with Crippen LogP contribution >= 0.6 is 40.6 Å². The van der Waals surface area contributed by atoms with E-state index in [0.717, 1.165) is 29.7 Å². The average molecular weight is 372 g/mol. The second-order valence-corrected chi connectivity index (χ2v) is 7.57. The van der Waals surface area contributed by atoms with Gasteiger partial charge in [-0.05, 0) is 37.0 Å². The maximum Gasteiger partial charge on any atom is 0.133 e. The van der Waals surface area contributed by atoms with Crippen molar-refractivity contribution < 1.29 is 4.39 Å². The van der Waals surface area contributed by atoms with E-state index < -0.39 is 7.84 Å². The van der Waals surface area contributed by atoms with Gasteiger partial charge in [-0.1, -0.05) is 11.6 Å². The molecule has 0 N–H and O–H groups in total. The molecule has 2 rings (SSSR count). The standard InChI is InChI=1S/C10H8ClFINOS/c11-7-4-6-2-1-3-9(16(13)14-15)10(6)8(12)5-7/h4-5H,1-3H2. The van der Waals surface area contributed by atoms with Crippen molar-refractivity contribution in [3.63, 3.8) is 0 Å². The number of fused-ring (bicyclic) bond motifs is 1. The van der Waals surface area contributed by atoms with Gasteiger partial charge >= 0.3 is 0 Å². The van der Waals surface area contributed by atoms with E-state index in [-0.39, 0.29) is 5.82 Å². The number of halogens is 3. The van der Waals surface area contributed by atoms with Gasteiger partial charge in [-0.15, -0.1) is 4.91 Å². The third-order valence-electron chi connectivity index (χ3n) is 2.53. The molecule has 0 spiro atoms. The van der Waals surface area contributed by atoms with Gasteiger partial charge in [-0.3, -0.25) is 0 Å². The van der Waals surface area contributed by atoms with E-state index in [9.17, 15) is 9.30 Å². The molecule has 0 amide bonds. The molecule has 1 unspecified atom stereocenters. The monoisotopic (exact) mass is 371 g/mol. The van der Waals surface area contributed by atoms with Gasteiger partial charge in [0.2, 0.25) is 0 Å². The van der Waals surface area contributed by atoms with E-state index in [1.165, 1.54) is 6.07 Å². The summed E-state index contributed by atoms with van der Waals surface area (Å²) in [5, 5.41) is 0.407. The topological polar surface area (TPSA) is 29.4 Å². The van der Waals surface area contributed by atoms with Gasteiger partial charge in [-0.25, -0.2) is 4.39 Å². The highest BCUT2D eigenvalue weighted by Gasteiger charge is 2.21. The lowest BCUT2D eigenvalue weighted by Crippen LogP contribution is -2.13. The van der Waals surface area contributed by atoms with E-state index in [2.05, 4.69) is 4.58 Å². The van der Waals surface area contributed by atoms with Gasteiger partial charge in [0.05, 0.1) is 0 Å². The molecule has 86 valence electrons. The summed E-state index contributed by atoms with van der Waals surface area (Å²) in [5.74, 6) is -0.338. The van der Waals surface area contributed by atoms with Crippen molar-refractivity contribution in [3.05, 3.63) is 39.0 Å². The van der Waals surface area contributed by atoms with E-state index >= 15 is 0 Å². The summed E-state index contributed by atoms with van der Waals surface area (Å²) in [6.07, 6.45) is 2.47. The van der Waals surface area contributed by atoms with Crippen LogP contribution in [0.1, 0.15) is 24.0 Å². The summed E-state index contributed by atoms with van der Waals surface area (Å²) in [6.45, 7) is 0. The summed E-state index contributed by atoms with van der Waals surface area (Å²) in [6, 6.07) is 3.07. The first-order chi connectivity index (χ1) is 7.63. The number of nitroso groups, excluding NO2 is 1. The minimum Gasteiger partial charge on any atom is -0.206 e. The molecule has 0 heterocycles. The van der Waals surface area contributed by atoms with Crippen LogP contribution in [-0.2, 0) is 6.42 Å². The van der Waals surface area contributed by atoms with Gasteiger partial charge < -0.3 is 0 Å². The van der Waals surface area contributed by atoms with Crippen molar-refractivity contribution >= 4 is 45.5 Å². The Balaban J connectivity index is 2.67. The van der Waals surface area contributed by atoms with Crippen molar-refractivity contribution in [3.8, 4) is 0 Å². The van der Waals surface area contributed by atoms with Gasteiger partial charge in [0.25, 0.3) is 0 Å². The first kappa shape index (κ1) is 12.4. The van der Waals surface area contributed by atoms with Crippen LogP contribution in [0.3, 0.4) is 0 Å². The Labute approximate surface area is 112 Å². The van der Waals surface area contributed by atoms with Crippen LogP contribution in [0.5, 0.6) is 0 Å². The predicted molar refractivity (Wildman–Crippen MR) is 75.9 cm³/mol. The highest BCUT2D eigenvalue weighted by molar-refractivity contribution is 14.2. The first-order valence-electron chi connectivity index (χ1n) is 4.71. The number of nitrogens with zero attached hydrogens (tertiary/aromatic N) is 1. The molecule has 0 fully saturated rings. The Morgan fingerprint density at radius 2 is 2.19 bits per heavy atom. The molecule has 0 saturated heterocycles. The molecule has 1 aromatic carbocycles. The molecule has 2 nitrogen and oxygen atoms in total. The van der Waals surface area contributed by atoms with Crippen molar-refractivity contribution in [2.45, 2.75) is 19.3 Å². The fraction of sp³-hybridized carbons (Fsp3) is 0.300. The number of hydrogen-bond acceptors (Lipinski definition) is 2. The Hall–Kier alpha value is -0.0100. The zero-order chi connectivity index (χ0) is 11.7. The minimum atomic E-state index is -0.769. The molecule has 1 aliphatic carbocycles. The predicted octanol–water partition coefficient (Wildman–Crippen LogP) is 4.64. The lowest BCUT2D eigenvalue weighted by molar-refractivity contribution is 0.619. The minimum absolute atomic E-state index is 0.338. The number of benzene rings is 1. The van der Waals surface area contributed by atoms with Crippen LogP contribution < -0.4 is 0 Å². The second-order valence-electron chi connectivity index (χ2n) is 3.51. The number of rotatable bonds is 1. The zero-order valence-electron chi connectivity index (χ0n) is 8.17. The van der Waals surface area contributed by atoms with Gasteiger partial charge in [0.15, 0.2) is 0 Å². The SMILES string of the molecule is O=N/S(I)=C1\CCCc2cc(Cl)cc(F)c21. The second kappa shape index (κ2) is 5.10. The quantitative estimate of drug-likeness (QED) is 0.402. The molecular formula is C10H8ClFINOS. The third-order valence-corrected chi connectivity index (χ3v) is 5.78. The van der Waals surface area contributed by atoms with Crippen LogP contribution in [0.25, 0.3) is 0 Å². The Morgan fingerprint density at radius 3 is 2.88 bits per heavy atom. The van der Waals surface area contributed by atoms with Crippen LogP contribution in [0.4, 0.5) is 4.39 Å². The molecule has 0 saturated carbocycles. The van der Waals surface area contributed by atoms with Crippen molar-refractivity contribution in [2.75, 3.05) is 0 Å². The van der Waals surface area contributed by atoms with Crippen molar-refractivity contribution in [1.29, 1.82) is 0 Å². The molecule has 0 bridgehead atoms. The average Bonchev–Trinajstić information content (AvgIpc) is 2.26. The molecule has 1 aromatic rings. The normalized spacial score (nSPS) is 19.1. The highest BCUT2D eigenvalue weighted by Crippen LogP contribution is 2.37. The summed E-state index contributed by atoms with van der Waals surface area (Å²) in [5.41, 5.74) is 1.46. The number of hydrogen-bond donors (Lipinski definition) is 0. The number of aryl methyl sites for hydroxylation is 1. The molecule has 1 aliphatic rings. The molecule has 0 aliphatic heterocycles. The largest absolute Gasteiger partial charge is 0.206 e. The van der Waals surface area contributed by atoms with Crippen molar-refractivity contribution in [1.82, 2.24) is 0 Å². The molecular weight excluding hydrogens is 364 g/mol. The highest BCUT2D eigenvalue weighted by atomic mass is 127. The zero-order valence-corrected chi connectivity index (χ0v) is 11.9. The maximum absolute atomic E-state index is 13.8. The van der Waals surface area contributed by atoms with E-state index in [1.54, 1.807) is 6.07 Å². The van der Waals surface area contributed by atoms with E-state index in [1.807, 2.05) is 21.2 Å². The van der Waals surface area contributed by atoms with Crippen LogP contribution in [0.2, 0.25) is 5.02 Å². The summed E-state index contributed by atoms with van der Waals surface area (Å²) < 4.78 is 16.8. The van der Waals surface area contributed by atoms with Gasteiger partial charge in [-0.2, -0.15) is 0 Å². The summed E-state index contributed by atoms with van der Waals surface area (Å²) in [4.78, 5) is 11.4. The fourth-order valence-electron chi connectivity index (χ4n) is 1.91. The maximum atomic E-state index is 13.8. The first-order valence-corrected chi connectivity index (χ1v) is 8.82. The summed E-state index contributed by atoms with van der Waals surface area (Å²) in [7, 11) is -0.769. The summed E-state index contributed by atoms with van der Waals surface area (Å²) >= 11 is 7.77. The van der Waals surface area contributed by atoms with E-state index in [4.69, 9.17) is 11.6 Å². The molecule has 0 radical (unpaired) electrons. The molecule has 1 atom stereocenters. The van der Waals surface area contributed by atoms with Gasteiger partial charge in [0.1, 0.15) is 5.82 Å².